The molecule has 1 aliphatic rings. The molecule has 0 amide bonds. The molecule has 8 atom stereocenters. The van der Waals surface area contributed by atoms with Crippen LogP contribution in [0.25, 0.3) is 0 Å². The first-order valence-corrected chi connectivity index (χ1v) is 27.9. The lowest BCUT2D eigenvalue weighted by Crippen LogP contribution is -2.65. The highest BCUT2D eigenvalue weighted by Gasteiger charge is 2.56. The van der Waals surface area contributed by atoms with E-state index in [2.05, 4.69) is 22.9 Å². The zero-order valence-electron chi connectivity index (χ0n) is 37.7. The Morgan fingerprint density at radius 2 is 0.778 bits per heavy atom. The Kier molecular flexibility index (Phi) is 32.9. The lowest BCUT2D eigenvalue weighted by molar-refractivity contribution is -0.213. The summed E-state index contributed by atoms with van der Waals surface area (Å²) < 4.78 is 65.4. The van der Waals surface area contributed by atoms with E-state index in [0.717, 1.165) is 51.4 Å². The van der Waals surface area contributed by atoms with Crippen molar-refractivity contribution in [3.8, 4) is 0 Å². The summed E-state index contributed by atoms with van der Waals surface area (Å²) in [7, 11) is -16.6. The molecular weight excluding hydrogens is 889 g/mol. The number of hydrogen-bond acceptors (Lipinski definition) is 14. The van der Waals surface area contributed by atoms with Crippen molar-refractivity contribution in [3.05, 3.63) is 0 Å². The molecule has 0 spiro atoms. The van der Waals surface area contributed by atoms with Crippen molar-refractivity contribution < 1.29 is 90.6 Å². The summed E-state index contributed by atoms with van der Waals surface area (Å²) in [5, 5.41) is 31.8. The molecule has 0 radical (unpaired) electrons. The number of carbonyl (C=O) groups is 2. The van der Waals surface area contributed by atoms with Gasteiger partial charge in [-0.1, -0.05) is 168 Å². The Bertz CT molecular complexity index is 1350. The predicted octanol–water partition coefficient (Wildman–Crippen LogP) is 7.96. The molecule has 22 heteroatoms. The largest absolute Gasteiger partial charge is 0.472 e. The zero-order valence-corrected chi connectivity index (χ0v) is 40.3. The fourth-order valence-electron chi connectivity index (χ4n) is 7.41. The summed E-state index contributed by atoms with van der Waals surface area (Å²) in [6.45, 7) is 2.94. The molecule has 0 heterocycles. The first-order valence-electron chi connectivity index (χ1n) is 23.3. The minimum absolute atomic E-state index is 0.00556. The summed E-state index contributed by atoms with van der Waals surface area (Å²) in [5.41, 5.74) is 0. The van der Waals surface area contributed by atoms with Crippen LogP contribution in [-0.2, 0) is 50.9 Å². The molecule has 0 aromatic carbocycles. The van der Waals surface area contributed by atoms with E-state index >= 15 is 0 Å². The van der Waals surface area contributed by atoms with Crippen molar-refractivity contribution in [2.24, 2.45) is 0 Å². The lowest BCUT2D eigenvalue weighted by atomic mass is 9.85. The number of aliphatic hydroxyl groups is 3. The van der Waals surface area contributed by atoms with E-state index in [-0.39, 0.29) is 12.8 Å². The van der Waals surface area contributed by atoms with Crippen LogP contribution in [0.1, 0.15) is 194 Å². The number of aliphatic hydroxyl groups excluding tert-OH is 3. The molecule has 19 nitrogen and oxygen atoms in total. The highest BCUT2D eigenvalue weighted by atomic mass is 31.2. The summed E-state index contributed by atoms with van der Waals surface area (Å²) in [5.74, 6) is -1.28. The zero-order chi connectivity index (χ0) is 47.2. The van der Waals surface area contributed by atoms with E-state index in [1.165, 1.54) is 103 Å². The van der Waals surface area contributed by atoms with Gasteiger partial charge in [0.25, 0.3) is 0 Å². The molecule has 63 heavy (non-hydrogen) atoms. The number of rotatable bonds is 40. The van der Waals surface area contributed by atoms with Crippen LogP contribution in [0.15, 0.2) is 0 Å². The van der Waals surface area contributed by atoms with Gasteiger partial charge in [-0.25, -0.2) is 13.7 Å². The number of ether oxygens (including phenoxy) is 2. The van der Waals surface area contributed by atoms with Crippen molar-refractivity contribution in [2.75, 3.05) is 13.2 Å². The maximum atomic E-state index is 13.1. The van der Waals surface area contributed by atoms with Gasteiger partial charge in [0.1, 0.15) is 43.2 Å². The van der Waals surface area contributed by atoms with Crippen LogP contribution in [0.5, 0.6) is 0 Å². The number of unbranched alkanes of at least 4 members (excludes halogenated alkanes) is 24. The van der Waals surface area contributed by atoms with Crippen LogP contribution >= 0.6 is 23.5 Å². The van der Waals surface area contributed by atoms with Gasteiger partial charge < -0.3 is 49.3 Å². The Morgan fingerprint density at radius 1 is 0.444 bits per heavy atom. The van der Waals surface area contributed by atoms with E-state index in [0.29, 0.717) is 12.8 Å². The Labute approximate surface area is 374 Å². The van der Waals surface area contributed by atoms with Crippen LogP contribution in [0.3, 0.4) is 0 Å². The predicted molar refractivity (Wildman–Crippen MR) is 234 cm³/mol. The quantitative estimate of drug-likeness (QED) is 0.0164. The number of hydrogen-bond donors (Lipinski definition) is 8. The van der Waals surface area contributed by atoms with Crippen LogP contribution in [0.2, 0.25) is 0 Å². The van der Waals surface area contributed by atoms with Gasteiger partial charge in [-0.05, 0) is 12.8 Å². The van der Waals surface area contributed by atoms with Gasteiger partial charge in [-0.2, -0.15) is 0 Å². The third kappa shape index (κ3) is 30.9. The van der Waals surface area contributed by atoms with Gasteiger partial charge in [0.15, 0.2) is 6.10 Å². The molecule has 0 saturated heterocycles. The summed E-state index contributed by atoms with van der Waals surface area (Å²) in [4.78, 5) is 73.1. The number of phosphoric acid groups is 3. The summed E-state index contributed by atoms with van der Waals surface area (Å²) in [6.07, 6.45) is 12.7. The molecule has 1 unspecified atom stereocenters. The molecule has 0 aromatic heterocycles. The second-order valence-corrected chi connectivity index (χ2v) is 20.5. The minimum Gasteiger partial charge on any atom is -0.462 e. The smallest absolute Gasteiger partial charge is 0.462 e. The standard InChI is InChI=1S/C41H81O19P3/c1-3-5-7-9-11-13-15-17-19-21-23-25-27-29-34(42)55-31-33(57-35(43)30-28-26-24-22-20-18-16-14-12-10-8-6-4-2)32-56-63(53,54)60-39-36(44)37(45)40(58-61(47,48)49)41(38(39)46)59-62(50,51)52/h33,36-41,44-46H,3-32H2,1-2H3,(H,53,54)(H2,47,48,49)(H2,50,51,52)/t33-,36+,37+,38-,39-,40-,41-/m0/s1. The van der Waals surface area contributed by atoms with E-state index < -0.39 is 91.3 Å². The first-order chi connectivity index (χ1) is 29.8. The van der Waals surface area contributed by atoms with Gasteiger partial charge in [-0.3, -0.25) is 27.7 Å². The monoisotopic (exact) mass is 970 g/mol. The fourth-order valence-corrected chi connectivity index (χ4v) is 9.50. The third-order valence-corrected chi connectivity index (χ3v) is 12.9. The number of carbonyl (C=O) groups excluding carboxylic acids is 2. The van der Waals surface area contributed by atoms with Gasteiger partial charge >= 0.3 is 35.4 Å². The van der Waals surface area contributed by atoms with Crippen molar-refractivity contribution in [1.82, 2.24) is 0 Å². The van der Waals surface area contributed by atoms with Gasteiger partial charge in [0, 0.05) is 12.8 Å². The van der Waals surface area contributed by atoms with Gasteiger partial charge in [-0.15, -0.1) is 0 Å². The average molecular weight is 971 g/mol. The second kappa shape index (κ2) is 34.4. The number of esters is 2. The van der Waals surface area contributed by atoms with Crippen LogP contribution < -0.4 is 0 Å². The molecule has 374 valence electrons. The number of phosphoric ester groups is 3. The highest BCUT2D eigenvalue weighted by Crippen LogP contribution is 2.51. The topological polar surface area (TPSA) is 303 Å². The third-order valence-electron chi connectivity index (χ3n) is 10.9. The summed E-state index contributed by atoms with van der Waals surface area (Å²) in [6, 6.07) is 0. The molecule has 1 saturated carbocycles. The molecule has 0 bridgehead atoms. The van der Waals surface area contributed by atoms with Crippen molar-refractivity contribution in [3.63, 3.8) is 0 Å². The fraction of sp³-hybridized carbons (Fsp3) is 0.951. The van der Waals surface area contributed by atoms with Gasteiger partial charge in [0.05, 0.1) is 6.61 Å². The lowest BCUT2D eigenvalue weighted by Gasteiger charge is -2.44. The molecule has 1 rings (SSSR count). The molecule has 0 aromatic rings. The minimum atomic E-state index is -5.59. The van der Waals surface area contributed by atoms with Crippen LogP contribution in [0, 0.1) is 0 Å². The Morgan fingerprint density at radius 3 is 1.16 bits per heavy atom. The first kappa shape index (κ1) is 60.2. The second-order valence-electron chi connectivity index (χ2n) is 16.7. The molecule has 1 aliphatic carbocycles. The van der Waals surface area contributed by atoms with Crippen LogP contribution in [-0.4, -0.2) is 108 Å². The average Bonchev–Trinajstić information content (AvgIpc) is 3.20. The van der Waals surface area contributed by atoms with Crippen molar-refractivity contribution >= 4 is 35.4 Å². The van der Waals surface area contributed by atoms with Crippen molar-refractivity contribution in [2.45, 2.75) is 236 Å². The van der Waals surface area contributed by atoms with E-state index in [4.69, 9.17) is 18.5 Å². The van der Waals surface area contributed by atoms with Crippen LogP contribution in [0.4, 0.5) is 0 Å². The Balaban J connectivity index is 2.74. The normalized spacial score (nSPS) is 22.1. The van der Waals surface area contributed by atoms with Gasteiger partial charge in [0.2, 0.25) is 0 Å². The SMILES string of the molecule is CCCCCCCCCCCCCCCC(=O)OC[C@@H](COP(=O)(O)O[C@H]1[C@H](O)[C@@H](O)[C@H](OP(=O)(O)O)[C@@H](OP(=O)(O)O)[C@H]1O)OC(=O)CCCCCCCCCCCCCCC. The van der Waals surface area contributed by atoms with E-state index in [1.54, 1.807) is 0 Å². The summed E-state index contributed by atoms with van der Waals surface area (Å²) >= 11 is 0. The molecule has 1 fully saturated rings. The van der Waals surface area contributed by atoms with Crippen molar-refractivity contribution in [1.29, 1.82) is 0 Å². The maximum Gasteiger partial charge on any atom is 0.472 e. The van der Waals surface area contributed by atoms with E-state index in [9.17, 15) is 63.1 Å². The molecular formula is C41H81O19P3. The van der Waals surface area contributed by atoms with E-state index in [1.807, 2.05) is 0 Å². The Hall–Kier alpha value is -0.850. The maximum absolute atomic E-state index is 13.1. The molecule has 8 N–H and O–H groups in total. The molecule has 0 aliphatic heterocycles. The highest BCUT2D eigenvalue weighted by molar-refractivity contribution is 7.47.